The average Bonchev–Trinajstić information content (AvgIpc) is 2.34. The number of rotatable bonds is 6. The minimum Gasteiger partial charge on any atom is -0.352 e. The summed E-state index contributed by atoms with van der Waals surface area (Å²) in [5.41, 5.74) is 0.131. The van der Waals surface area contributed by atoms with Crippen LogP contribution in [0.4, 0.5) is 10.1 Å². The number of amides is 1. The van der Waals surface area contributed by atoms with Crippen molar-refractivity contribution >= 4 is 21.6 Å². The number of benzene rings is 1. The summed E-state index contributed by atoms with van der Waals surface area (Å²) in [5.74, 6) is -0.979. The van der Waals surface area contributed by atoms with E-state index in [1.165, 1.54) is 18.2 Å². The van der Waals surface area contributed by atoms with Crippen LogP contribution < -0.4 is 9.62 Å². The molecule has 0 bridgehead atoms. The highest BCUT2D eigenvalue weighted by molar-refractivity contribution is 7.92. The van der Waals surface area contributed by atoms with Crippen LogP contribution in [-0.4, -0.2) is 33.2 Å². The third-order valence-corrected chi connectivity index (χ3v) is 3.94. The van der Waals surface area contributed by atoms with Crippen molar-refractivity contribution in [1.29, 1.82) is 0 Å². The highest BCUT2D eigenvalue weighted by atomic mass is 32.2. The van der Waals surface area contributed by atoms with Gasteiger partial charge in [-0.1, -0.05) is 13.0 Å². The molecule has 5 nitrogen and oxygen atoms in total. The van der Waals surface area contributed by atoms with Crippen LogP contribution in [0.1, 0.15) is 20.3 Å². The summed E-state index contributed by atoms with van der Waals surface area (Å²) in [7, 11) is -3.67. The van der Waals surface area contributed by atoms with Crippen LogP contribution in [0.25, 0.3) is 0 Å². The SMILES string of the molecule is CC[C@H](C)NC(=O)CN(c1cccc(F)c1)S(C)(=O)=O. The fourth-order valence-electron chi connectivity index (χ4n) is 1.58. The van der Waals surface area contributed by atoms with Crippen LogP contribution in [0.3, 0.4) is 0 Å². The summed E-state index contributed by atoms with van der Waals surface area (Å²) in [6.07, 6.45) is 1.72. The first kappa shape index (κ1) is 16.4. The number of sulfonamides is 1. The van der Waals surface area contributed by atoms with Gasteiger partial charge in [0, 0.05) is 6.04 Å². The molecule has 0 aliphatic carbocycles. The lowest BCUT2D eigenvalue weighted by Crippen LogP contribution is -2.43. The molecule has 0 spiro atoms. The highest BCUT2D eigenvalue weighted by Crippen LogP contribution is 2.18. The summed E-state index contributed by atoms with van der Waals surface area (Å²) in [6.45, 7) is 3.36. The van der Waals surface area contributed by atoms with E-state index in [1.54, 1.807) is 0 Å². The molecule has 0 fully saturated rings. The Morgan fingerprint density at radius 3 is 2.60 bits per heavy atom. The second-order valence-electron chi connectivity index (χ2n) is 4.63. The van der Waals surface area contributed by atoms with Crippen molar-refractivity contribution in [2.75, 3.05) is 17.1 Å². The van der Waals surface area contributed by atoms with E-state index >= 15 is 0 Å². The van der Waals surface area contributed by atoms with Gasteiger partial charge in [-0.15, -0.1) is 0 Å². The van der Waals surface area contributed by atoms with Gasteiger partial charge in [-0.25, -0.2) is 12.8 Å². The predicted octanol–water partition coefficient (Wildman–Crippen LogP) is 1.51. The number of nitrogens with one attached hydrogen (secondary N) is 1. The second-order valence-corrected chi connectivity index (χ2v) is 6.53. The summed E-state index contributed by atoms with van der Waals surface area (Å²) < 4.78 is 37.6. The zero-order valence-corrected chi connectivity index (χ0v) is 12.6. The molecule has 112 valence electrons. The number of halogens is 1. The minimum absolute atomic E-state index is 0.0450. The van der Waals surface area contributed by atoms with Gasteiger partial charge >= 0.3 is 0 Å². The molecule has 0 aliphatic rings. The third-order valence-electron chi connectivity index (χ3n) is 2.80. The van der Waals surface area contributed by atoms with Crippen molar-refractivity contribution in [3.63, 3.8) is 0 Å². The maximum atomic E-state index is 13.2. The van der Waals surface area contributed by atoms with Crippen molar-refractivity contribution < 1.29 is 17.6 Å². The largest absolute Gasteiger partial charge is 0.352 e. The van der Waals surface area contributed by atoms with Crippen LogP contribution in [0.15, 0.2) is 24.3 Å². The Balaban J connectivity index is 2.95. The van der Waals surface area contributed by atoms with Crippen LogP contribution in [0.5, 0.6) is 0 Å². The zero-order valence-electron chi connectivity index (χ0n) is 11.8. The molecule has 0 saturated carbocycles. The summed E-state index contributed by atoms with van der Waals surface area (Å²) in [6, 6.07) is 5.09. The molecule has 0 aliphatic heterocycles. The molecule has 7 heteroatoms. The number of anilines is 1. The van der Waals surface area contributed by atoms with E-state index in [1.807, 2.05) is 13.8 Å². The van der Waals surface area contributed by atoms with E-state index < -0.39 is 21.7 Å². The van der Waals surface area contributed by atoms with Gasteiger partial charge in [-0.2, -0.15) is 0 Å². The fourth-order valence-corrected chi connectivity index (χ4v) is 2.43. The normalized spacial score (nSPS) is 12.8. The molecule has 20 heavy (non-hydrogen) atoms. The second kappa shape index (κ2) is 6.69. The molecular formula is C13H19FN2O3S. The maximum Gasteiger partial charge on any atom is 0.240 e. The number of hydrogen-bond donors (Lipinski definition) is 1. The van der Waals surface area contributed by atoms with Crippen LogP contribution in [0, 0.1) is 5.82 Å². The number of nitrogens with zero attached hydrogens (tertiary/aromatic N) is 1. The maximum absolute atomic E-state index is 13.2. The summed E-state index contributed by atoms with van der Waals surface area (Å²) in [4.78, 5) is 11.8. The quantitative estimate of drug-likeness (QED) is 0.866. The molecular weight excluding hydrogens is 283 g/mol. The molecule has 0 radical (unpaired) electrons. The van der Waals surface area contributed by atoms with Crippen molar-refractivity contribution in [3.05, 3.63) is 30.1 Å². The molecule has 1 rings (SSSR count). The van der Waals surface area contributed by atoms with Gasteiger partial charge in [-0.3, -0.25) is 9.10 Å². The first-order valence-electron chi connectivity index (χ1n) is 6.26. The zero-order chi connectivity index (χ0) is 15.3. The van der Waals surface area contributed by atoms with Crippen molar-refractivity contribution in [2.45, 2.75) is 26.3 Å². The van der Waals surface area contributed by atoms with E-state index in [0.717, 1.165) is 23.0 Å². The lowest BCUT2D eigenvalue weighted by molar-refractivity contribution is -0.120. The van der Waals surface area contributed by atoms with Gasteiger partial charge in [0.25, 0.3) is 0 Å². The third kappa shape index (κ3) is 4.80. The number of carbonyl (C=O) groups excluding carboxylic acids is 1. The van der Waals surface area contributed by atoms with Crippen LogP contribution in [0.2, 0.25) is 0 Å². The van der Waals surface area contributed by atoms with Gasteiger partial charge in [0.15, 0.2) is 0 Å². The molecule has 0 aromatic heterocycles. The summed E-state index contributed by atoms with van der Waals surface area (Å²) >= 11 is 0. The van der Waals surface area contributed by atoms with Gasteiger partial charge in [0.1, 0.15) is 12.4 Å². The highest BCUT2D eigenvalue weighted by Gasteiger charge is 2.21. The van der Waals surface area contributed by atoms with Crippen molar-refractivity contribution in [2.24, 2.45) is 0 Å². The van der Waals surface area contributed by atoms with Crippen LogP contribution in [-0.2, 0) is 14.8 Å². The Morgan fingerprint density at radius 1 is 1.45 bits per heavy atom. The lowest BCUT2D eigenvalue weighted by Gasteiger charge is -2.22. The molecule has 1 aromatic carbocycles. The fraction of sp³-hybridized carbons (Fsp3) is 0.462. The smallest absolute Gasteiger partial charge is 0.240 e. The van der Waals surface area contributed by atoms with E-state index in [9.17, 15) is 17.6 Å². The monoisotopic (exact) mass is 302 g/mol. The predicted molar refractivity (Wildman–Crippen MR) is 76.5 cm³/mol. The average molecular weight is 302 g/mol. The number of hydrogen-bond acceptors (Lipinski definition) is 3. The molecule has 1 atom stereocenters. The molecule has 0 saturated heterocycles. The Labute approximate surface area is 118 Å². The Hall–Kier alpha value is -1.63. The van der Waals surface area contributed by atoms with E-state index in [0.29, 0.717) is 0 Å². The van der Waals surface area contributed by atoms with Crippen molar-refractivity contribution in [3.8, 4) is 0 Å². The van der Waals surface area contributed by atoms with E-state index in [-0.39, 0.29) is 18.3 Å². The van der Waals surface area contributed by atoms with Gasteiger partial charge in [0.2, 0.25) is 15.9 Å². The standard InChI is InChI=1S/C13H19FN2O3S/c1-4-10(2)15-13(17)9-16(20(3,18)19)12-7-5-6-11(14)8-12/h5-8,10H,4,9H2,1-3H3,(H,15,17)/t10-/m0/s1. The van der Waals surface area contributed by atoms with Gasteiger partial charge in [0.05, 0.1) is 11.9 Å². The molecule has 0 unspecified atom stereocenters. The first-order chi connectivity index (χ1) is 9.24. The van der Waals surface area contributed by atoms with Crippen LogP contribution >= 0.6 is 0 Å². The van der Waals surface area contributed by atoms with Crippen molar-refractivity contribution in [1.82, 2.24) is 5.32 Å². The minimum atomic E-state index is -3.67. The first-order valence-corrected chi connectivity index (χ1v) is 8.11. The molecule has 1 N–H and O–H groups in total. The molecule has 1 aromatic rings. The van der Waals surface area contributed by atoms with Gasteiger partial charge < -0.3 is 5.32 Å². The topological polar surface area (TPSA) is 66.5 Å². The molecule has 1 amide bonds. The van der Waals surface area contributed by atoms with E-state index in [2.05, 4.69) is 5.32 Å². The molecule has 0 heterocycles. The Bertz CT molecular complexity index is 575. The summed E-state index contributed by atoms with van der Waals surface area (Å²) in [5, 5.41) is 2.68. The lowest BCUT2D eigenvalue weighted by atomic mass is 10.2. The van der Waals surface area contributed by atoms with Gasteiger partial charge in [-0.05, 0) is 31.5 Å². The van der Waals surface area contributed by atoms with E-state index in [4.69, 9.17) is 0 Å². The number of carbonyl (C=O) groups is 1. The Morgan fingerprint density at radius 2 is 2.10 bits per heavy atom. The Kier molecular flexibility index (Phi) is 5.50.